The number of hydrogen-bond acceptors (Lipinski definition) is 6. The van der Waals surface area contributed by atoms with E-state index in [1.807, 2.05) is 19.0 Å². The minimum atomic E-state index is -0.796. The molecule has 1 aromatic heterocycles. The van der Waals surface area contributed by atoms with E-state index in [0.717, 1.165) is 12.6 Å². The van der Waals surface area contributed by atoms with Crippen molar-refractivity contribution in [3.8, 4) is 5.75 Å². The van der Waals surface area contributed by atoms with Gasteiger partial charge in [-0.2, -0.15) is 0 Å². The molecule has 7 nitrogen and oxygen atoms in total. The number of pyridine rings is 1. The molecule has 1 atom stereocenters. The number of aromatic nitrogens is 1. The van der Waals surface area contributed by atoms with E-state index in [2.05, 4.69) is 4.98 Å². The molecule has 1 amide bonds. The van der Waals surface area contributed by atoms with Crippen LogP contribution in [-0.4, -0.2) is 65.9 Å². The highest BCUT2D eigenvalue weighted by molar-refractivity contribution is 6.46. The summed E-state index contributed by atoms with van der Waals surface area (Å²) in [5.41, 5.74) is 0.670. The van der Waals surface area contributed by atoms with Crippen molar-refractivity contribution in [1.82, 2.24) is 14.8 Å². The lowest BCUT2D eigenvalue weighted by molar-refractivity contribution is -0.139. The number of likely N-dealkylation sites (tertiary alicyclic amines) is 1. The first-order valence-electron chi connectivity index (χ1n) is 9.52. The Labute approximate surface area is 174 Å². The summed E-state index contributed by atoms with van der Waals surface area (Å²) >= 11 is 0. The summed E-state index contributed by atoms with van der Waals surface area (Å²) in [5, 5.41) is 10.9. The normalized spacial score (nSPS) is 18.3. The third-order valence-corrected chi connectivity index (χ3v) is 4.99. The van der Waals surface area contributed by atoms with E-state index in [1.165, 1.54) is 24.1 Å². The second-order valence-electron chi connectivity index (χ2n) is 7.28. The maximum Gasteiger partial charge on any atom is 0.295 e. The minimum Gasteiger partial charge on any atom is -0.507 e. The van der Waals surface area contributed by atoms with E-state index in [-0.39, 0.29) is 16.9 Å². The quantitative estimate of drug-likeness (QED) is 0.427. The van der Waals surface area contributed by atoms with Crippen LogP contribution in [-0.2, 0) is 9.59 Å². The van der Waals surface area contributed by atoms with Gasteiger partial charge in [-0.3, -0.25) is 14.6 Å². The predicted molar refractivity (Wildman–Crippen MR) is 109 cm³/mol. The van der Waals surface area contributed by atoms with E-state index in [0.29, 0.717) is 18.5 Å². The summed E-state index contributed by atoms with van der Waals surface area (Å²) in [4.78, 5) is 33.1. The summed E-state index contributed by atoms with van der Waals surface area (Å²) in [5.74, 6) is -2.57. The molecular weight excluding hydrogens is 389 g/mol. The number of amides is 1. The smallest absolute Gasteiger partial charge is 0.295 e. The first kappa shape index (κ1) is 21.4. The molecule has 3 rings (SSSR count). The fourth-order valence-corrected chi connectivity index (χ4v) is 3.53. The van der Waals surface area contributed by atoms with Gasteiger partial charge in [-0.1, -0.05) is 0 Å². The molecule has 2 aromatic rings. The number of rotatable bonds is 7. The number of hydrogen-bond donors (Lipinski definition) is 1. The van der Waals surface area contributed by atoms with Crippen LogP contribution in [0.3, 0.4) is 0 Å². The van der Waals surface area contributed by atoms with Crippen LogP contribution in [0.15, 0.2) is 48.3 Å². The molecular formula is C22H24FN3O4. The van der Waals surface area contributed by atoms with Crippen molar-refractivity contribution in [2.24, 2.45) is 0 Å². The maximum absolute atomic E-state index is 14.2. The Morgan fingerprint density at radius 3 is 2.53 bits per heavy atom. The first-order chi connectivity index (χ1) is 14.3. The zero-order valence-electron chi connectivity index (χ0n) is 17.1. The molecule has 1 fully saturated rings. The molecule has 30 heavy (non-hydrogen) atoms. The zero-order valence-corrected chi connectivity index (χ0v) is 17.1. The molecule has 0 bridgehead atoms. The van der Waals surface area contributed by atoms with Gasteiger partial charge in [0.25, 0.3) is 11.7 Å². The van der Waals surface area contributed by atoms with Gasteiger partial charge in [-0.15, -0.1) is 0 Å². The van der Waals surface area contributed by atoms with Gasteiger partial charge in [0.1, 0.15) is 5.76 Å². The standard InChI is InChI=1S/C22H24FN3O4/c1-25(2)11-4-12-26-19(14-7-9-24-10-8-14)18(21(28)22(26)29)20(27)15-5-6-17(30-3)16(23)13-15/h5-10,13,19,27H,4,11-12H2,1-3H3/b20-18-. The van der Waals surface area contributed by atoms with Crippen LogP contribution in [0, 0.1) is 5.82 Å². The molecule has 1 aromatic carbocycles. The fraction of sp³-hybridized carbons (Fsp3) is 0.318. The lowest BCUT2D eigenvalue weighted by atomic mass is 9.96. The summed E-state index contributed by atoms with van der Waals surface area (Å²) < 4.78 is 19.1. The summed E-state index contributed by atoms with van der Waals surface area (Å²) in [6.07, 6.45) is 3.77. The van der Waals surface area contributed by atoms with E-state index in [1.54, 1.807) is 24.5 Å². The Hall–Kier alpha value is -3.26. The van der Waals surface area contributed by atoms with Crippen molar-refractivity contribution in [3.05, 3.63) is 65.2 Å². The van der Waals surface area contributed by atoms with Crippen LogP contribution in [0.2, 0.25) is 0 Å². The highest BCUT2D eigenvalue weighted by Gasteiger charge is 2.45. The van der Waals surface area contributed by atoms with Gasteiger partial charge in [0.2, 0.25) is 0 Å². The van der Waals surface area contributed by atoms with Gasteiger partial charge in [0, 0.05) is 24.5 Å². The lowest BCUT2D eigenvalue weighted by Crippen LogP contribution is -2.32. The Balaban J connectivity index is 2.08. The maximum atomic E-state index is 14.2. The van der Waals surface area contributed by atoms with Crippen molar-refractivity contribution < 1.29 is 23.8 Å². The molecule has 1 N–H and O–H groups in total. The molecule has 2 heterocycles. The van der Waals surface area contributed by atoms with Gasteiger partial charge in [0.05, 0.1) is 18.7 Å². The molecule has 0 radical (unpaired) electrons. The second kappa shape index (κ2) is 9.04. The van der Waals surface area contributed by atoms with E-state index >= 15 is 0 Å². The topological polar surface area (TPSA) is 83.0 Å². The predicted octanol–water partition coefficient (Wildman–Crippen LogP) is 2.60. The SMILES string of the molecule is COc1ccc(/C(O)=C2/C(=O)C(=O)N(CCCN(C)C)C2c2ccncc2)cc1F. The minimum absolute atomic E-state index is 0.0152. The van der Waals surface area contributed by atoms with Gasteiger partial charge in [0.15, 0.2) is 11.6 Å². The first-order valence-corrected chi connectivity index (χ1v) is 9.52. The third kappa shape index (κ3) is 4.18. The van der Waals surface area contributed by atoms with E-state index < -0.39 is 29.3 Å². The molecule has 0 saturated carbocycles. The highest BCUT2D eigenvalue weighted by Crippen LogP contribution is 2.39. The van der Waals surface area contributed by atoms with Crippen molar-refractivity contribution in [3.63, 3.8) is 0 Å². The summed E-state index contributed by atoms with van der Waals surface area (Å²) in [6, 6.07) is 6.49. The van der Waals surface area contributed by atoms with Gasteiger partial charge < -0.3 is 19.6 Å². The average Bonchev–Trinajstić information content (AvgIpc) is 2.98. The molecule has 158 valence electrons. The van der Waals surface area contributed by atoms with Crippen LogP contribution < -0.4 is 4.74 Å². The number of Topliss-reactive ketones (excluding diaryl/α,β-unsaturated/α-hetero) is 1. The molecule has 8 heteroatoms. The largest absolute Gasteiger partial charge is 0.507 e. The number of nitrogens with zero attached hydrogens (tertiary/aromatic N) is 3. The van der Waals surface area contributed by atoms with E-state index in [4.69, 9.17) is 4.74 Å². The van der Waals surface area contributed by atoms with Crippen molar-refractivity contribution in [2.75, 3.05) is 34.3 Å². The van der Waals surface area contributed by atoms with Crippen LogP contribution >= 0.6 is 0 Å². The number of methoxy groups -OCH3 is 1. The molecule has 1 aliphatic rings. The van der Waals surface area contributed by atoms with Crippen LogP contribution in [0.25, 0.3) is 5.76 Å². The van der Waals surface area contributed by atoms with Gasteiger partial charge in [-0.05, 0) is 63.0 Å². The number of benzene rings is 1. The molecule has 0 spiro atoms. The number of ketones is 1. The Morgan fingerprint density at radius 1 is 1.23 bits per heavy atom. The Kier molecular flexibility index (Phi) is 6.47. The number of aliphatic hydroxyl groups excluding tert-OH is 1. The monoisotopic (exact) mass is 413 g/mol. The summed E-state index contributed by atoms with van der Waals surface area (Å²) in [6.45, 7) is 1.07. The molecule has 1 aliphatic heterocycles. The summed E-state index contributed by atoms with van der Waals surface area (Å²) in [7, 11) is 5.18. The average molecular weight is 413 g/mol. The number of carbonyl (C=O) groups excluding carboxylic acids is 2. The molecule has 1 saturated heterocycles. The number of carbonyl (C=O) groups is 2. The fourth-order valence-electron chi connectivity index (χ4n) is 3.53. The van der Waals surface area contributed by atoms with Crippen LogP contribution in [0.1, 0.15) is 23.6 Å². The van der Waals surface area contributed by atoms with Crippen molar-refractivity contribution >= 4 is 17.4 Å². The van der Waals surface area contributed by atoms with Crippen LogP contribution in [0.5, 0.6) is 5.75 Å². The van der Waals surface area contributed by atoms with Crippen molar-refractivity contribution in [1.29, 1.82) is 0 Å². The number of ether oxygens (including phenoxy) is 1. The second-order valence-corrected chi connectivity index (χ2v) is 7.28. The highest BCUT2D eigenvalue weighted by atomic mass is 19.1. The molecule has 0 aliphatic carbocycles. The van der Waals surface area contributed by atoms with Gasteiger partial charge in [-0.25, -0.2) is 4.39 Å². The number of halogens is 1. The zero-order chi connectivity index (χ0) is 21.8. The van der Waals surface area contributed by atoms with E-state index in [9.17, 15) is 19.1 Å². The number of aliphatic hydroxyl groups is 1. The Bertz CT molecular complexity index is 976. The van der Waals surface area contributed by atoms with Crippen LogP contribution in [0.4, 0.5) is 4.39 Å². The third-order valence-electron chi connectivity index (χ3n) is 4.99. The Morgan fingerprint density at radius 2 is 1.93 bits per heavy atom. The molecule has 1 unspecified atom stereocenters. The van der Waals surface area contributed by atoms with Gasteiger partial charge >= 0.3 is 0 Å². The lowest BCUT2D eigenvalue weighted by Gasteiger charge is -2.25. The van der Waals surface area contributed by atoms with Crippen molar-refractivity contribution in [2.45, 2.75) is 12.5 Å².